The van der Waals surface area contributed by atoms with Gasteiger partial charge in [0.2, 0.25) is 0 Å². The number of hydrogen-bond donors (Lipinski definition) is 0. The molecule has 0 saturated carbocycles. The summed E-state index contributed by atoms with van der Waals surface area (Å²) in [5.41, 5.74) is 4.94. The summed E-state index contributed by atoms with van der Waals surface area (Å²) < 4.78 is 0.906. The van der Waals surface area contributed by atoms with Gasteiger partial charge in [0, 0.05) is 0 Å². The molecule has 1 atom stereocenters. The van der Waals surface area contributed by atoms with E-state index in [1.807, 2.05) is 0 Å². The van der Waals surface area contributed by atoms with Gasteiger partial charge in [-0.3, -0.25) is 0 Å². The quantitative estimate of drug-likeness (QED) is 0.559. The molecule has 1 aliphatic carbocycles. The molecule has 0 spiro atoms. The zero-order chi connectivity index (χ0) is 12.4. The van der Waals surface area contributed by atoms with E-state index in [4.69, 9.17) is 0 Å². The molecule has 0 aromatic heterocycles. The molecule has 0 bridgehead atoms. The monoisotopic (exact) mass is 358 g/mol. The van der Waals surface area contributed by atoms with E-state index >= 15 is 0 Å². The molecule has 1 aromatic rings. The van der Waals surface area contributed by atoms with Crippen LogP contribution < -0.4 is 9.41 Å². The van der Waals surface area contributed by atoms with Crippen LogP contribution in [0.3, 0.4) is 0 Å². The number of rotatable bonds is 4. The van der Waals surface area contributed by atoms with Crippen LogP contribution in [0.5, 0.6) is 0 Å². The molecule has 0 heterocycles. The molecule has 0 aliphatic heterocycles. The second kappa shape index (κ2) is 8.26. The van der Waals surface area contributed by atoms with Gasteiger partial charge in [-0.1, -0.05) is 0 Å². The average Bonchev–Trinajstić information content (AvgIpc) is 2.55. The van der Waals surface area contributed by atoms with Gasteiger partial charge in [0.1, 0.15) is 0 Å². The molecule has 0 nitrogen and oxygen atoms in total. The van der Waals surface area contributed by atoms with E-state index in [0.717, 1.165) is 9.54 Å². The van der Waals surface area contributed by atoms with Crippen molar-refractivity contribution in [2.45, 2.75) is 37.0 Å². The third-order valence-corrected chi connectivity index (χ3v) is 13.2. The number of halogens is 2. The molecule has 0 saturated heterocycles. The summed E-state index contributed by atoms with van der Waals surface area (Å²) in [5.74, 6) is 0.460. The molecule has 0 fully saturated rings. The van der Waals surface area contributed by atoms with E-state index in [2.05, 4.69) is 57.3 Å². The molecule has 104 valence electrons. The van der Waals surface area contributed by atoms with Crippen molar-refractivity contribution in [3.8, 4) is 0 Å². The van der Waals surface area contributed by atoms with Crippen molar-refractivity contribution >= 4 is 12.0 Å². The van der Waals surface area contributed by atoms with Crippen molar-refractivity contribution in [3.05, 3.63) is 41.0 Å². The Morgan fingerprint density at radius 2 is 1.79 bits per heavy atom. The molecule has 2 rings (SSSR count). The van der Waals surface area contributed by atoms with Crippen molar-refractivity contribution in [2.24, 2.45) is 5.92 Å². The van der Waals surface area contributed by atoms with Gasteiger partial charge in [-0.2, -0.15) is 0 Å². The van der Waals surface area contributed by atoms with Crippen LogP contribution in [0.2, 0.25) is 13.1 Å². The summed E-state index contributed by atoms with van der Waals surface area (Å²) in [6.45, 7) is 9.78. The van der Waals surface area contributed by atoms with Crippen molar-refractivity contribution in [2.75, 3.05) is 0 Å². The van der Waals surface area contributed by atoms with Crippen LogP contribution in [0.25, 0.3) is 6.08 Å². The number of allylic oxidation sites excluding steroid dienone is 1. The normalized spacial score (nSPS) is 16.3. The van der Waals surface area contributed by atoms with Gasteiger partial charge < -0.3 is 9.41 Å². The Hall–Kier alpha value is -0.0800. The first-order chi connectivity index (χ1) is 8.08. The number of hydrogen-bond acceptors (Lipinski definition) is 0. The fourth-order valence-corrected chi connectivity index (χ4v) is 12.6. The Kier molecular flexibility index (Phi) is 8.23. The van der Waals surface area contributed by atoms with E-state index in [1.54, 1.807) is 11.1 Å². The maximum Gasteiger partial charge on any atom is -1.00 e. The van der Waals surface area contributed by atoms with Crippen LogP contribution in [0.15, 0.2) is 29.8 Å². The maximum absolute atomic E-state index is 2.54. The van der Waals surface area contributed by atoms with Crippen molar-refractivity contribution in [3.63, 3.8) is 0 Å². The van der Waals surface area contributed by atoms with Gasteiger partial charge >= 0.3 is 118 Å². The van der Waals surface area contributed by atoms with E-state index in [1.165, 1.54) is 12.0 Å². The molecular formula is C15H22F2SiZr. The molecule has 4 heteroatoms. The second-order valence-electron chi connectivity index (χ2n) is 5.70. The summed E-state index contributed by atoms with van der Waals surface area (Å²) in [7, 11) is 0. The van der Waals surface area contributed by atoms with Gasteiger partial charge in [0.15, 0.2) is 0 Å². The Bertz CT molecular complexity index is 430. The van der Waals surface area contributed by atoms with Gasteiger partial charge in [0.05, 0.1) is 0 Å². The summed E-state index contributed by atoms with van der Waals surface area (Å²) in [6, 6.07) is 9.08. The third kappa shape index (κ3) is 4.75. The minimum absolute atomic E-state index is 0. The van der Waals surface area contributed by atoms with Gasteiger partial charge in [-0.05, 0) is 0 Å². The fourth-order valence-electron chi connectivity index (χ4n) is 2.57. The van der Waals surface area contributed by atoms with Crippen LogP contribution >= 0.6 is 0 Å². The Labute approximate surface area is 127 Å². The number of fused-ring (bicyclic) bond motifs is 1. The van der Waals surface area contributed by atoms with E-state index in [-0.39, 0.29) is 37.7 Å². The van der Waals surface area contributed by atoms with Crippen molar-refractivity contribution in [1.29, 1.82) is 0 Å². The van der Waals surface area contributed by atoms with Gasteiger partial charge in [-0.15, -0.1) is 0 Å². The molecule has 1 unspecified atom stereocenters. The SMILES string of the molecule is CC(C)CC1=Cc2ccccc2[CH]1[Zr+2][SiH](C)C.[F-].[F-]. The van der Waals surface area contributed by atoms with Crippen LogP contribution in [-0.4, -0.2) is 5.92 Å². The van der Waals surface area contributed by atoms with Gasteiger partial charge in [0.25, 0.3) is 0 Å². The van der Waals surface area contributed by atoms with Crippen LogP contribution in [0.4, 0.5) is 0 Å². The Morgan fingerprint density at radius 1 is 1.16 bits per heavy atom. The fraction of sp³-hybridized carbons (Fsp3) is 0.467. The standard InChI is InChI=1S/C13H15.C2H7Si.2FH.Zr/c1-10(2)7-11-8-12-5-3-4-6-13(12)9-11;1-3-2;;;/h3-6,8-10H,7H2,1-2H3;3H,1-2H3;2*1H;/q;;;;+2/p-2. The van der Waals surface area contributed by atoms with Crippen LogP contribution in [-0.2, 0) is 22.4 Å². The predicted molar refractivity (Wildman–Crippen MR) is 75.5 cm³/mol. The minimum Gasteiger partial charge on any atom is -1.00 e. The Morgan fingerprint density at radius 3 is 2.37 bits per heavy atom. The topological polar surface area (TPSA) is 0 Å². The van der Waals surface area contributed by atoms with E-state index < -0.39 is 0 Å². The largest absolute Gasteiger partial charge is 1.00 e. The summed E-state index contributed by atoms with van der Waals surface area (Å²) in [6.07, 6.45) is 3.80. The maximum atomic E-state index is 2.54. The molecule has 0 N–H and O–H groups in total. The first-order valence-electron chi connectivity index (χ1n) is 6.63. The van der Waals surface area contributed by atoms with Crippen LogP contribution in [0.1, 0.15) is 35.0 Å². The van der Waals surface area contributed by atoms with Crippen molar-refractivity contribution < 1.29 is 31.8 Å². The molecule has 1 aromatic carbocycles. The summed E-state index contributed by atoms with van der Waals surface area (Å²) >= 11 is -0.204. The third-order valence-electron chi connectivity index (χ3n) is 3.16. The van der Waals surface area contributed by atoms with Crippen molar-refractivity contribution in [1.82, 2.24) is 0 Å². The minimum atomic E-state index is -0.337. The van der Waals surface area contributed by atoms with E-state index in [0.29, 0.717) is 0 Å². The first kappa shape index (κ1) is 18.9. The first-order valence-corrected chi connectivity index (χ1v) is 15.2. The average molecular weight is 360 g/mol. The molecular weight excluding hydrogens is 337 g/mol. The zero-order valence-corrected chi connectivity index (χ0v) is 15.7. The number of benzene rings is 1. The zero-order valence-electron chi connectivity index (χ0n) is 12.1. The summed E-state index contributed by atoms with van der Waals surface area (Å²) in [5, 5.41) is 0. The molecule has 19 heavy (non-hydrogen) atoms. The van der Waals surface area contributed by atoms with E-state index in [9.17, 15) is 0 Å². The smallest absolute Gasteiger partial charge is 1.00 e. The Balaban J connectivity index is 0.00000162. The molecule has 1 aliphatic rings. The van der Waals surface area contributed by atoms with Gasteiger partial charge in [-0.25, -0.2) is 0 Å². The summed E-state index contributed by atoms with van der Waals surface area (Å²) in [4.78, 5) is 0. The second-order valence-corrected chi connectivity index (χ2v) is 20.7. The predicted octanol–water partition coefficient (Wildman–Crippen LogP) is -1.76. The van der Waals surface area contributed by atoms with Crippen LogP contribution in [0, 0.1) is 5.92 Å². The molecule has 0 amide bonds. The molecule has 0 radical (unpaired) electrons.